The van der Waals surface area contributed by atoms with Crippen LogP contribution in [-0.2, 0) is 4.74 Å². The number of nitrogens with zero attached hydrogens (tertiary/aromatic N) is 2. The van der Waals surface area contributed by atoms with Crippen molar-refractivity contribution < 1.29 is 9.53 Å². The molecule has 0 fully saturated rings. The van der Waals surface area contributed by atoms with Crippen LogP contribution in [0.15, 0.2) is 48.8 Å². The highest BCUT2D eigenvalue weighted by molar-refractivity contribution is 5.90. The van der Waals surface area contributed by atoms with E-state index in [2.05, 4.69) is 53.5 Å². The topological polar surface area (TPSA) is 76.1 Å². The third-order valence-corrected chi connectivity index (χ3v) is 4.15. The third-order valence-electron chi connectivity index (χ3n) is 4.15. The number of hydrogen-bond acceptors (Lipinski definition) is 6. The number of carbonyl (C=O) groups is 1. The Morgan fingerprint density at radius 1 is 0.926 bits per heavy atom. The molecule has 0 aliphatic rings. The van der Waals surface area contributed by atoms with Crippen molar-refractivity contribution in [2.45, 2.75) is 20.8 Å². The number of anilines is 4. The molecule has 2 N–H and O–H groups in total. The maximum absolute atomic E-state index is 11.7. The van der Waals surface area contributed by atoms with Crippen LogP contribution in [0.25, 0.3) is 0 Å². The molecule has 1 aromatic heterocycles. The first kappa shape index (κ1) is 18.4. The van der Waals surface area contributed by atoms with Gasteiger partial charge in [-0.2, -0.15) is 0 Å². The van der Waals surface area contributed by atoms with Crippen molar-refractivity contribution in [1.29, 1.82) is 0 Å². The molecule has 6 nitrogen and oxygen atoms in total. The van der Waals surface area contributed by atoms with E-state index >= 15 is 0 Å². The van der Waals surface area contributed by atoms with Crippen molar-refractivity contribution in [3.63, 3.8) is 0 Å². The number of ether oxygens (including phenoxy) is 1. The predicted molar refractivity (Wildman–Crippen MR) is 107 cm³/mol. The second kappa shape index (κ2) is 7.86. The highest BCUT2D eigenvalue weighted by Crippen LogP contribution is 2.26. The van der Waals surface area contributed by atoms with Crippen LogP contribution in [0, 0.1) is 20.8 Å². The molecule has 0 saturated carbocycles. The van der Waals surface area contributed by atoms with Crippen molar-refractivity contribution in [3.05, 3.63) is 71.0 Å². The first-order chi connectivity index (χ1) is 13.0. The molecule has 27 heavy (non-hydrogen) atoms. The number of nitrogens with one attached hydrogen (secondary N) is 2. The molecule has 138 valence electrons. The van der Waals surface area contributed by atoms with Gasteiger partial charge in [-0.25, -0.2) is 14.8 Å². The summed E-state index contributed by atoms with van der Waals surface area (Å²) < 4.78 is 4.76. The van der Waals surface area contributed by atoms with Crippen LogP contribution in [0.1, 0.15) is 27.0 Å². The van der Waals surface area contributed by atoms with Gasteiger partial charge in [-0.3, -0.25) is 0 Å². The van der Waals surface area contributed by atoms with Crippen LogP contribution in [-0.4, -0.2) is 23.0 Å². The van der Waals surface area contributed by atoms with E-state index in [4.69, 9.17) is 4.74 Å². The molecule has 0 spiro atoms. The molecule has 3 rings (SSSR count). The summed E-state index contributed by atoms with van der Waals surface area (Å²) in [5.41, 5.74) is 5.80. The Hall–Kier alpha value is -3.41. The Labute approximate surface area is 158 Å². The Morgan fingerprint density at radius 3 is 2.26 bits per heavy atom. The molecule has 6 heteroatoms. The van der Waals surface area contributed by atoms with Gasteiger partial charge in [0, 0.05) is 17.4 Å². The molecule has 2 aromatic carbocycles. The van der Waals surface area contributed by atoms with Gasteiger partial charge < -0.3 is 15.4 Å². The molecule has 0 atom stereocenters. The zero-order chi connectivity index (χ0) is 19.4. The van der Waals surface area contributed by atoms with Crippen molar-refractivity contribution in [3.8, 4) is 0 Å². The minimum absolute atomic E-state index is 0.381. The molecule has 0 bridgehead atoms. The summed E-state index contributed by atoms with van der Waals surface area (Å²) in [5, 5.41) is 6.56. The fourth-order valence-electron chi connectivity index (χ4n) is 2.99. The number of aryl methyl sites for hydroxylation is 3. The molecule has 0 aliphatic heterocycles. The van der Waals surface area contributed by atoms with Gasteiger partial charge >= 0.3 is 5.97 Å². The second-order valence-electron chi connectivity index (χ2n) is 6.38. The molecule has 1 heterocycles. The molecular formula is C21H22N4O2. The summed E-state index contributed by atoms with van der Waals surface area (Å²) in [6, 6.07) is 13.2. The SMILES string of the molecule is COC(=O)c1cccc(Nc2cc(Nc3c(C)cc(C)cc3C)ncn2)c1. The number of aromatic nitrogens is 2. The van der Waals surface area contributed by atoms with E-state index in [1.54, 1.807) is 18.2 Å². The minimum Gasteiger partial charge on any atom is -0.465 e. The van der Waals surface area contributed by atoms with Crippen molar-refractivity contribution in [2.24, 2.45) is 0 Å². The molecule has 0 amide bonds. The average Bonchev–Trinajstić information content (AvgIpc) is 2.64. The van der Waals surface area contributed by atoms with Gasteiger partial charge in [-0.1, -0.05) is 23.8 Å². The zero-order valence-electron chi connectivity index (χ0n) is 15.8. The summed E-state index contributed by atoms with van der Waals surface area (Å²) in [6.45, 7) is 6.22. The first-order valence-corrected chi connectivity index (χ1v) is 8.58. The predicted octanol–water partition coefficient (Wildman–Crippen LogP) is 4.68. The van der Waals surface area contributed by atoms with Gasteiger partial charge in [0.15, 0.2) is 0 Å². The van der Waals surface area contributed by atoms with E-state index in [1.165, 1.54) is 19.0 Å². The fourth-order valence-corrected chi connectivity index (χ4v) is 2.99. The Morgan fingerprint density at radius 2 is 1.59 bits per heavy atom. The summed E-state index contributed by atoms with van der Waals surface area (Å²) in [5.74, 6) is 0.928. The number of benzene rings is 2. The molecule has 0 aliphatic carbocycles. The molecular weight excluding hydrogens is 340 g/mol. The Balaban J connectivity index is 1.82. The van der Waals surface area contributed by atoms with E-state index < -0.39 is 0 Å². The van der Waals surface area contributed by atoms with Gasteiger partial charge in [0.25, 0.3) is 0 Å². The highest BCUT2D eigenvalue weighted by atomic mass is 16.5. The number of carbonyl (C=O) groups excluding carboxylic acids is 1. The van der Waals surface area contributed by atoms with Crippen molar-refractivity contribution in [2.75, 3.05) is 17.7 Å². The summed E-state index contributed by atoms with van der Waals surface area (Å²) in [7, 11) is 1.36. The maximum Gasteiger partial charge on any atom is 0.337 e. The molecule has 0 unspecified atom stereocenters. The van der Waals surface area contributed by atoms with Crippen LogP contribution in [0.4, 0.5) is 23.0 Å². The van der Waals surface area contributed by atoms with Crippen LogP contribution < -0.4 is 10.6 Å². The lowest BCUT2D eigenvalue weighted by Crippen LogP contribution is -2.03. The summed E-state index contributed by atoms with van der Waals surface area (Å²) in [6.07, 6.45) is 1.49. The molecule has 0 saturated heterocycles. The minimum atomic E-state index is -0.381. The Kier molecular flexibility index (Phi) is 5.35. The van der Waals surface area contributed by atoms with Crippen molar-refractivity contribution in [1.82, 2.24) is 9.97 Å². The van der Waals surface area contributed by atoms with E-state index in [9.17, 15) is 4.79 Å². The smallest absolute Gasteiger partial charge is 0.337 e. The lowest BCUT2D eigenvalue weighted by atomic mass is 10.1. The van der Waals surface area contributed by atoms with Gasteiger partial charge in [0.2, 0.25) is 0 Å². The molecule has 3 aromatic rings. The van der Waals surface area contributed by atoms with E-state index in [0.717, 1.165) is 22.5 Å². The quantitative estimate of drug-likeness (QED) is 0.642. The van der Waals surface area contributed by atoms with Gasteiger partial charge in [-0.05, 0) is 50.1 Å². The van der Waals surface area contributed by atoms with E-state index in [-0.39, 0.29) is 5.97 Å². The maximum atomic E-state index is 11.7. The number of methoxy groups -OCH3 is 1. The highest BCUT2D eigenvalue weighted by Gasteiger charge is 2.08. The van der Waals surface area contributed by atoms with Crippen LogP contribution >= 0.6 is 0 Å². The van der Waals surface area contributed by atoms with Crippen LogP contribution in [0.3, 0.4) is 0 Å². The normalized spacial score (nSPS) is 10.4. The monoisotopic (exact) mass is 362 g/mol. The standard InChI is InChI=1S/C21H22N4O2/c1-13-8-14(2)20(15(3)9-13)25-19-11-18(22-12-23-19)24-17-7-5-6-16(10-17)21(26)27-4/h5-12H,1-4H3,(H2,22,23,24,25). The van der Waals surface area contributed by atoms with Crippen LogP contribution in [0.5, 0.6) is 0 Å². The fraction of sp³-hybridized carbons (Fsp3) is 0.190. The van der Waals surface area contributed by atoms with Gasteiger partial charge in [0.05, 0.1) is 12.7 Å². The largest absolute Gasteiger partial charge is 0.465 e. The lowest BCUT2D eigenvalue weighted by Gasteiger charge is -2.14. The summed E-state index contributed by atoms with van der Waals surface area (Å²) >= 11 is 0. The van der Waals surface area contributed by atoms with Crippen LogP contribution in [0.2, 0.25) is 0 Å². The molecule has 0 radical (unpaired) electrons. The second-order valence-corrected chi connectivity index (χ2v) is 6.38. The van der Waals surface area contributed by atoms with E-state index in [1.807, 2.05) is 12.1 Å². The Bertz CT molecular complexity index is 962. The number of esters is 1. The number of hydrogen-bond donors (Lipinski definition) is 2. The van der Waals surface area contributed by atoms with E-state index in [0.29, 0.717) is 17.2 Å². The van der Waals surface area contributed by atoms with Gasteiger partial charge in [-0.15, -0.1) is 0 Å². The lowest BCUT2D eigenvalue weighted by molar-refractivity contribution is 0.0601. The third kappa shape index (κ3) is 4.41. The summed E-state index contributed by atoms with van der Waals surface area (Å²) in [4.78, 5) is 20.2. The van der Waals surface area contributed by atoms with Gasteiger partial charge in [0.1, 0.15) is 18.0 Å². The van der Waals surface area contributed by atoms with Crippen molar-refractivity contribution >= 4 is 29.0 Å². The average molecular weight is 362 g/mol. The first-order valence-electron chi connectivity index (χ1n) is 8.58. The number of rotatable bonds is 5. The zero-order valence-corrected chi connectivity index (χ0v) is 15.8.